The average Bonchev–Trinajstić information content (AvgIpc) is 3.13. The quantitative estimate of drug-likeness (QED) is 0.382. The molecule has 2 aromatic carbocycles. The number of halogens is 1. The maximum atomic E-state index is 14.2. The second-order valence-electron chi connectivity index (χ2n) is 8.83. The standard InChI is InChI=1S/C26H27FN6O3/c1-16-4-6-20(27)21(10-16)29-26-30-22-11-17(5-7-23(22)32(26)2)36-18-8-9-28-24(12-18)31-25(34)15-33-13-19(14-33)35-3/h4-12,19H,13-15H2,1-3H3,(H,29,30)(H,28,31,34). The summed E-state index contributed by atoms with van der Waals surface area (Å²) in [5, 5.41) is 5.88. The molecule has 0 spiro atoms. The van der Waals surface area contributed by atoms with Crippen LogP contribution in [0.1, 0.15) is 5.56 Å². The number of nitrogens with zero attached hydrogens (tertiary/aromatic N) is 4. The van der Waals surface area contributed by atoms with Gasteiger partial charge in [0.05, 0.1) is 29.4 Å². The van der Waals surface area contributed by atoms with E-state index in [1.807, 2.05) is 41.6 Å². The minimum absolute atomic E-state index is 0.144. The number of pyridine rings is 1. The number of aromatic nitrogens is 3. The Bertz CT molecular complexity index is 1420. The van der Waals surface area contributed by atoms with Crippen LogP contribution in [-0.2, 0) is 16.6 Å². The highest BCUT2D eigenvalue weighted by Gasteiger charge is 2.27. The van der Waals surface area contributed by atoms with Crippen molar-refractivity contribution in [2.24, 2.45) is 7.05 Å². The van der Waals surface area contributed by atoms with E-state index < -0.39 is 0 Å². The van der Waals surface area contributed by atoms with Crippen molar-refractivity contribution in [1.82, 2.24) is 19.4 Å². The SMILES string of the molecule is COC1CN(CC(=O)Nc2cc(Oc3ccc4c(c3)nc(Nc3cc(C)ccc3F)n4C)ccn2)C1. The van der Waals surface area contributed by atoms with Gasteiger partial charge in [0.25, 0.3) is 0 Å². The summed E-state index contributed by atoms with van der Waals surface area (Å²) < 4.78 is 27.3. The lowest BCUT2D eigenvalue weighted by atomic mass is 10.2. The predicted octanol–water partition coefficient (Wildman–Crippen LogP) is 4.22. The van der Waals surface area contributed by atoms with E-state index in [0.29, 0.717) is 34.5 Å². The van der Waals surface area contributed by atoms with Gasteiger partial charge in [0.1, 0.15) is 23.1 Å². The number of fused-ring (bicyclic) bond motifs is 1. The van der Waals surface area contributed by atoms with Crippen LogP contribution in [0.5, 0.6) is 11.5 Å². The summed E-state index contributed by atoms with van der Waals surface area (Å²) in [5.74, 6) is 1.53. The van der Waals surface area contributed by atoms with Gasteiger partial charge in [-0.05, 0) is 42.8 Å². The Labute approximate surface area is 207 Å². The van der Waals surface area contributed by atoms with Crippen LogP contribution < -0.4 is 15.4 Å². The Morgan fingerprint density at radius 1 is 1.14 bits per heavy atom. The molecule has 36 heavy (non-hydrogen) atoms. The van der Waals surface area contributed by atoms with E-state index in [-0.39, 0.29) is 24.4 Å². The third-order valence-corrected chi connectivity index (χ3v) is 6.08. The number of hydrogen-bond donors (Lipinski definition) is 2. The number of benzene rings is 2. The zero-order valence-electron chi connectivity index (χ0n) is 20.3. The van der Waals surface area contributed by atoms with Crippen LogP contribution >= 0.6 is 0 Å². The first-order valence-corrected chi connectivity index (χ1v) is 11.6. The van der Waals surface area contributed by atoms with Crippen LogP contribution in [0.3, 0.4) is 0 Å². The average molecular weight is 491 g/mol. The topological polar surface area (TPSA) is 93.5 Å². The van der Waals surface area contributed by atoms with Crippen molar-refractivity contribution in [2.45, 2.75) is 13.0 Å². The van der Waals surface area contributed by atoms with Crippen LogP contribution in [-0.4, -0.2) is 58.2 Å². The van der Waals surface area contributed by atoms with Gasteiger partial charge in [-0.1, -0.05) is 6.07 Å². The minimum atomic E-state index is -0.346. The molecule has 3 heterocycles. The van der Waals surface area contributed by atoms with E-state index in [4.69, 9.17) is 9.47 Å². The van der Waals surface area contributed by atoms with Crippen LogP contribution in [0.25, 0.3) is 11.0 Å². The molecule has 5 rings (SSSR count). The highest BCUT2D eigenvalue weighted by atomic mass is 19.1. The molecule has 1 aliphatic rings. The Hall–Kier alpha value is -4.02. The van der Waals surface area contributed by atoms with Crippen molar-refractivity contribution >= 4 is 34.4 Å². The number of aryl methyl sites for hydroxylation is 2. The molecule has 1 aliphatic heterocycles. The Morgan fingerprint density at radius 3 is 2.75 bits per heavy atom. The molecule has 0 saturated carbocycles. The molecule has 1 saturated heterocycles. The van der Waals surface area contributed by atoms with Gasteiger partial charge in [0.2, 0.25) is 11.9 Å². The van der Waals surface area contributed by atoms with E-state index in [9.17, 15) is 9.18 Å². The zero-order chi connectivity index (χ0) is 25.2. The summed E-state index contributed by atoms with van der Waals surface area (Å²) in [5.41, 5.74) is 2.87. The fraction of sp³-hybridized carbons (Fsp3) is 0.269. The van der Waals surface area contributed by atoms with Gasteiger partial charge < -0.3 is 24.7 Å². The second-order valence-corrected chi connectivity index (χ2v) is 8.83. The molecule has 2 aromatic heterocycles. The van der Waals surface area contributed by atoms with Gasteiger partial charge in [-0.15, -0.1) is 0 Å². The van der Waals surface area contributed by atoms with Crippen molar-refractivity contribution in [2.75, 3.05) is 37.4 Å². The Morgan fingerprint density at radius 2 is 1.94 bits per heavy atom. The van der Waals surface area contributed by atoms with Crippen molar-refractivity contribution < 1.29 is 18.7 Å². The highest BCUT2D eigenvalue weighted by Crippen LogP contribution is 2.29. The molecule has 186 valence electrons. The summed E-state index contributed by atoms with van der Waals surface area (Å²) in [6, 6.07) is 13.8. The summed E-state index contributed by atoms with van der Waals surface area (Å²) in [6.07, 6.45) is 1.77. The fourth-order valence-corrected chi connectivity index (χ4v) is 4.08. The molecule has 0 radical (unpaired) electrons. The van der Waals surface area contributed by atoms with E-state index in [1.165, 1.54) is 6.07 Å². The van der Waals surface area contributed by atoms with Gasteiger partial charge in [0, 0.05) is 45.6 Å². The number of amides is 1. The van der Waals surface area contributed by atoms with Gasteiger partial charge in [-0.25, -0.2) is 14.4 Å². The number of carbonyl (C=O) groups excluding carboxylic acids is 1. The molecule has 0 unspecified atom stereocenters. The molecular weight excluding hydrogens is 463 g/mol. The summed E-state index contributed by atoms with van der Waals surface area (Å²) >= 11 is 0. The maximum Gasteiger partial charge on any atom is 0.239 e. The van der Waals surface area contributed by atoms with Crippen LogP contribution in [0.2, 0.25) is 0 Å². The first-order chi connectivity index (χ1) is 17.4. The van der Waals surface area contributed by atoms with E-state index >= 15 is 0 Å². The number of hydrogen-bond acceptors (Lipinski definition) is 7. The van der Waals surface area contributed by atoms with Gasteiger partial charge in [0.15, 0.2) is 0 Å². The molecule has 10 heteroatoms. The third-order valence-electron chi connectivity index (χ3n) is 6.08. The Kier molecular flexibility index (Phi) is 6.53. The lowest BCUT2D eigenvalue weighted by Gasteiger charge is -2.37. The van der Waals surface area contributed by atoms with Crippen LogP contribution in [0.4, 0.5) is 21.8 Å². The summed E-state index contributed by atoms with van der Waals surface area (Å²) in [6.45, 7) is 3.68. The maximum absolute atomic E-state index is 14.2. The van der Waals surface area contributed by atoms with Gasteiger partial charge in [-0.3, -0.25) is 9.69 Å². The Balaban J connectivity index is 1.27. The largest absolute Gasteiger partial charge is 0.457 e. The first-order valence-electron chi connectivity index (χ1n) is 11.6. The van der Waals surface area contributed by atoms with Gasteiger partial charge >= 0.3 is 0 Å². The summed E-state index contributed by atoms with van der Waals surface area (Å²) in [4.78, 5) is 23.1. The monoisotopic (exact) mass is 490 g/mol. The molecule has 9 nitrogen and oxygen atoms in total. The first kappa shape index (κ1) is 23.7. The van der Waals surface area contributed by atoms with Gasteiger partial charge in [-0.2, -0.15) is 0 Å². The molecule has 2 N–H and O–H groups in total. The number of nitrogens with one attached hydrogen (secondary N) is 2. The van der Waals surface area contributed by atoms with E-state index in [2.05, 4.69) is 20.6 Å². The lowest BCUT2D eigenvalue weighted by Crippen LogP contribution is -2.54. The number of imidazole rings is 1. The molecule has 4 aromatic rings. The normalized spacial score (nSPS) is 14.0. The lowest BCUT2D eigenvalue weighted by molar-refractivity contribution is -0.120. The van der Waals surface area contributed by atoms with Crippen LogP contribution in [0.15, 0.2) is 54.7 Å². The number of carbonyl (C=O) groups is 1. The molecule has 1 amide bonds. The van der Waals surface area contributed by atoms with Crippen molar-refractivity contribution in [1.29, 1.82) is 0 Å². The number of likely N-dealkylation sites (tertiary alicyclic amines) is 1. The van der Waals surface area contributed by atoms with E-state index in [1.54, 1.807) is 37.6 Å². The zero-order valence-corrected chi connectivity index (χ0v) is 20.3. The molecule has 0 bridgehead atoms. The second kappa shape index (κ2) is 9.92. The fourth-order valence-electron chi connectivity index (χ4n) is 4.08. The van der Waals surface area contributed by atoms with Crippen molar-refractivity contribution in [3.63, 3.8) is 0 Å². The summed E-state index contributed by atoms with van der Waals surface area (Å²) in [7, 11) is 3.53. The molecule has 0 aliphatic carbocycles. The number of ether oxygens (including phenoxy) is 2. The minimum Gasteiger partial charge on any atom is -0.457 e. The smallest absolute Gasteiger partial charge is 0.239 e. The molecule has 0 atom stereocenters. The van der Waals surface area contributed by atoms with Crippen molar-refractivity contribution in [3.8, 4) is 11.5 Å². The predicted molar refractivity (Wildman–Crippen MR) is 135 cm³/mol. The number of methoxy groups -OCH3 is 1. The molecule has 1 fully saturated rings. The number of anilines is 3. The van der Waals surface area contributed by atoms with E-state index in [0.717, 1.165) is 24.2 Å². The third kappa shape index (κ3) is 5.14. The highest BCUT2D eigenvalue weighted by molar-refractivity contribution is 5.91. The molecular formula is C26H27FN6O3. The van der Waals surface area contributed by atoms with Crippen molar-refractivity contribution in [3.05, 3.63) is 66.1 Å². The van der Waals surface area contributed by atoms with Crippen LogP contribution in [0, 0.1) is 12.7 Å². The number of rotatable bonds is 8.